The van der Waals surface area contributed by atoms with Crippen LogP contribution in [0.25, 0.3) is 11.1 Å². The number of unbranched alkanes of at least 4 members (excludes halogenated alkanes) is 1. The highest BCUT2D eigenvalue weighted by molar-refractivity contribution is 6.75. The second-order valence-corrected chi connectivity index (χ2v) is 17.9. The van der Waals surface area contributed by atoms with Crippen LogP contribution in [0.2, 0.25) is 19.6 Å². The lowest BCUT2D eigenvalue weighted by Gasteiger charge is -2.43. The Hall–Kier alpha value is -4.21. The van der Waals surface area contributed by atoms with Crippen molar-refractivity contribution < 1.29 is 33.3 Å². The van der Waals surface area contributed by atoms with Gasteiger partial charge in [-0.25, -0.2) is 9.59 Å². The Morgan fingerprint density at radius 1 is 0.854 bits per heavy atom. The molecule has 4 rings (SSSR count). The molecule has 0 aromatic heterocycles. The van der Waals surface area contributed by atoms with Crippen LogP contribution in [0.1, 0.15) is 54.9 Å². The fourth-order valence-electron chi connectivity index (χ4n) is 6.28. The first-order valence-electron chi connectivity index (χ1n) is 16.8. The highest BCUT2D eigenvalue weighted by Gasteiger charge is 2.52. The van der Waals surface area contributed by atoms with Gasteiger partial charge in [-0.15, -0.1) is 0 Å². The number of methoxy groups -OCH3 is 1. The fourth-order valence-corrected chi connectivity index (χ4v) is 8.14. The van der Waals surface area contributed by atoms with Crippen LogP contribution >= 0.6 is 0 Å². The van der Waals surface area contributed by atoms with E-state index in [9.17, 15) is 14.4 Å². The first-order valence-corrected chi connectivity index (χ1v) is 20.3. The lowest BCUT2D eigenvalue weighted by Crippen LogP contribution is -2.60. The molecular formula is C39H49NO7Si. The van der Waals surface area contributed by atoms with Crippen LogP contribution in [0.15, 0.2) is 97.1 Å². The minimum atomic E-state index is -2.36. The molecule has 0 aliphatic heterocycles. The van der Waals surface area contributed by atoms with Crippen LogP contribution in [-0.4, -0.2) is 62.8 Å². The molecule has 0 saturated heterocycles. The number of benzene rings is 3. The Kier molecular flexibility index (Phi) is 13.6. The molecule has 0 spiro atoms. The van der Waals surface area contributed by atoms with Crippen LogP contribution in [0.3, 0.4) is 0 Å². The summed E-state index contributed by atoms with van der Waals surface area (Å²) in [6, 6.07) is 27.0. The summed E-state index contributed by atoms with van der Waals surface area (Å²) < 4.78 is 25.2. The zero-order chi connectivity index (χ0) is 34.5. The molecule has 0 unspecified atom stereocenters. The molecule has 1 fully saturated rings. The number of allylic oxidation sites excluding steroid dienone is 2. The Morgan fingerprint density at radius 3 is 2.12 bits per heavy atom. The normalized spacial score (nSPS) is 19.2. The highest BCUT2D eigenvalue weighted by atomic mass is 28.3. The average molecular weight is 672 g/mol. The second kappa shape index (κ2) is 17.8. The number of ether oxygens (including phenoxy) is 4. The number of carbonyl (C=O) groups excluding carboxylic acids is 3. The van der Waals surface area contributed by atoms with E-state index in [1.807, 2.05) is 28.8 Å². The molecule has 3 aromatic rings. The quantitative estimate of drug-likeness (QED) is 0.0527. The SMILES string of the molecule is CCOC(=O)N([C@@H]1[C@@H](CC=CCCCC(=O)OC)[C@@H](OCc2ccc(-c3ccccc3)cc2)C[C@H]1OC(=O)c1ccccc1)[Si](C)(C)C. The van der Waals surface area contributed by atoms with Crippen molar-refractivity contribution in [1.29, 1.82) is 0 Å². The summed E-state index contributed by atoms with van der Waals surface area (Å²) in [7, 11) is -0.968. The summed E-state index contributed by atoms with van der Waals surface area (Å²) in [5.74, 6) is -0.831. The topological polar surface area (TPSA) is 91.4 Å². The van der Waals surface area contributed by atoms with Crippen molar-refractivity contribution in [1.82, 2.24) is 4.57 Å². The Morgan fingerprint density at radius 2 is 1.50 bits per heavy atom. The van der Waals surface area contributed by atoms with Gasteiger partial charge >= 0.3 is 18.0 Å². The van der Waals surface area contributed by atoms with Crippen molar-refractivity contribution in [2.75, 3.05) is 13.7 Å². The largest absolute Gasteiger partial charge is 0.469 e. The molecule has 9 heteroatoms. The second-order valence-electron chi connectivity index (χ2n) is 13.0. The summed E-state index contributed by atoms with van der Waals surface area (Å²) >= 11 is 0. The van der Waals surface area contributed by atoms with Gasteiger partial charge < -0.3 is 23.5 Å². The van der Waals surface area contributed by atoms with Crippen molar-refractivity contribution in [3.05, 3.63) is 108 Å². The molecule has 1 saturated carbocycles. The lowest BCUT2D eigenvalue weighted by atomic mass is 9.96. The van der Waals surface area contributed by atoms with Crippen LogP contribution in [0.4, 0.5) is 4.79 Å². The molecule has 0 radical (unpaired) electrons. The van der Waals surface area contributed by atoms with Gasteiger partial charge in [-0.1, -0.05) is 105 Å². The number of amides is 1. The smallest absolute Gasteiger partial charge is 0.401 e. The van der Waals surface area contributed by atoms with E-state index < -0.39 is 32.4 Å². The maximum atomic E-state index is 13.7. The van der Waals surface area contributed by atoms with E-state index in [1.54, 1.807) is 31.2 Å². The summed E-state index contributed by atoms with van der Waals surface area (Å²) in [5.41, 5.74) is 3.76. The van der Waals surface area contributed by atoms with Crippen molar-refractivity contribution in [3.63, 3.8) is 0 Å². The van der Waals surface area contributed by atoms with E-state index in [4.69, 9.17) is 18.9 Å². The maximum absolute atomic E-state index is 13.7. The van der Waals surface area contributed by atoms with Crippen LogP contribution in [0, 0.1) is 5.92 Å². The highest BCUT2D eigenvalue weighted by Crippen LogP contribution is 2.40. The Bertz CT molecular complexity index is 1490. The van der Waals surface area contributed by atoms with Crippen LogP contribution < -0.4 is 0 Å². The van der Waals surface area contributed by atoms with E-state index in [1.165, 1.54) is 7.11 Å². The molecule has 0 heterocycles. The molecule has 0 bridgehead atoms. The number of nitrogens with zero attached hydrogens (tertiary/aromatic N) is 1. The van der Waals surface area contributed by atoms with Crippen LogP contribution in [0.5, 0.6) is 0 Å². The predicted octanol–water partition coefficient (Wildman–Crippen LogP) is 8.44. The number of rotatable bonds is 15. The molecule has 0 N–H and O–H groups in total. The molecule has 1 aliphatic rings. The van der Waals surface area contributed by atoms with E-state index in [0.29, 0.717) is 44.3 Å². The zero-order valence-electron chi connectivity index (χ0n) is 28.8. The molecule has 8 nitrogen and oxygen atoms in total. The third-order valence-electron chi connectivity index (χ3n) is 8.59. The molecule has 256 valence electrons. The number of hydrogen-bond acceptors (Lipinski definition) is 7. The van der Waals surface area contributed by atoms with Gasteiger partial charge in [0.05, 0.1) is 38.0 Å². The maximum Gasteiger partial charge on any atom is 0.401 e. The Labute approximate surface area is 286 Å². The summed E-state index contributed by atoms with van der Waals surface area (Å²) in [6.45, 7) is 8.71. The van der Waals surface area contributed by atoms with Crippen molar-refractivity contribution in [2.45, 2.75) is 83.5 Å². The van der Waals surface area contributed by atoms with E-state index >= 15 is 0 Å². The van der Waals surface area contributed by atoms with Gasteiger partial charge in [-0.05, 0) is 55.0 Å². The number of esters is 2. The van der Waals surface area contributed by atoms with Gasteiger partial charge in [0.2, 0.25) is 0 Å². The van der Waals surface area contributed by atoms with Gasteiger partial charge in [0.15, 0.2) is 8.24 Å². The van der Waals surface area contributed by atoms with Crippen molar-refractivity contribution in [3.8, 4) is 11.1 Å². The van der Waals surface area contributed by atoms with E-state index in [-0.39, 0.29) is 24.6 Å². The average Bonchev–Trinajstić information content (AvgIpc) is 3.41. The Balaban J connectivity index is 1.62. The van der Waals surface area contributed by atoms with Gasteiger partial charge in [-0.3, -0.25) is 4.79 Å². The number of hydrogen-bond donors (Lipinski definition) is 0. The minimum absolute atomic E-state index is 0.171. The summed E-state index contributed by atoms with van der Waals surface area (Å²) in [4.78, 5) is 38.7. The van der Waals surface area contributed by atoms with Gasteiger partial charge in [0.25, 0.3) is 0 Å². The van der Waals surface area contributed by atoms with E-state index in [2.05, 4.69) is 68.2 Å². The lowest BCUT2D eigenvalue weighted by molar-refractivity contribution is -0.140. The fraction of sp³-hybridized carbons (Fsp3) is 0.410. The third-order valence-corrected chi connectivity index (χ3v) is 10.5. The zero-order valence-corrected chi connectivity index (χ0v) is 29.8. The third kappa shape index (κ3) is 10.1. The monoisotopic (exact) mass is 671 g/mol. The molecular weight excluding hydrogens is 623 g/mol. The molecule has 1 aliphatic carbocycles. The van der Waals surface area contributed by atoms with Gasteiger partial charge in [-0.2, -0.15) is 0 Å². The van der Waals surface area contributed by atoms with Crippen molar-refractivity contribution in [2.24, 2.45) is 5.92 Å². The van der Waals surface area contributed by atoms with Gasteiger partial charge in [0.1, 0.15) is 6.10 Å². The first-order chi connectivity index (χ1) is 23.1. The molecule has 3 aromatic carbocycles. The summed E-state index contributed by atoms with van der Waals surface area (Å²) in [6.07, 6.45) is 5.64. The van der Waals surface area contributed by atoms with Crippen molar-refractivity contribution >= 4 is 26.3 Å². The van der Waals surface area contributed by atoms with E-state index in [0.717, 1.165) is 16.7 Å². The molecule has 4 atom stereocenters. The van der Waals surface area contributed by atoms with Crippen LogP contribution in [-0.2, 0) is 30.3 Å². The first kappa shape index (κ1) is 36.6. The minimum Gasteiger partial charge on any atom is -0.469 e. The predicted molar refractivity (Wildman–Crippen MR) is 190 cm³/mol. The molecule has 1 amide bonds. The standard InChI is InChI=1S/C39H49NO7Si/c1-6-45-39(43)40(48(3,4)5)37-33(21-15-7-8-16-22-36(41)44-2)34(27-35(37)47-38(42)32-19-13-10-14-20-32)46-28-29-23-25-31(26-24-29)30-17-11-9-12-18-30/h7,9-15,17-20,23-26,33-35,37H,6,8,16,21-22,27-28H2,1-5H3/t33-,34-,35+,37+/m0/s1. The number of carbonyl (C=O) groups is 3. The van der Waals surface area contributed by atoms with Gasteiger partial charge in [0, 0.05) is 18.8 Å². The molecule has 48 heavy (non-hydrogen) atoms. The summed E-state index contributed by atoms with van der Waals surface area (Å²) in [5, 5.41) is 0.